The standard InChI is InChI=1S/C18H13BrN2/c19-16-9-3-1-6-13(16)12-21-17-10-4-2-7-14(17)15-8-5-11-20-18(15)21/h1-11H,12H2. The summed E-state index contributed by atoms with van der Waals surface area (Å²) in [6, 6.07) is 21.0. The molecule has 0 fully saturated rings. The van der Waals surface area contributed by atoms with Crippen molar-refractivity contribution in [2.75, 3.05) is 0 Å². The van der Waals surface area contributed by atoms with Gasteiger partial charge in [-0.15, -0.1) is 0 Å². The summed E-state index contributed by atoms with van der Waals surface area (Å²) in [5.74, 6) is 0. The number of para-hydroxylation sites is 1. The molecule has 2 aromatic heterocycles. The SMILES string of the molecule is Brc1ccccc1Cn1c2ccccc2c2cccnc21. The predicted molar refractivity (Wildman–Crippen MR) is 90.5 cm³/mol. The molecule has 0 bridgehead atoms. The number of benzene rings is 2. The van der Waals surface area contributed by atoms with E-state index >= 15 is 0 Å². The van der Waals surface area contributed by atoms with E-state index in [-0.39, 0.29) is 0 Å². The van der Waals surface area contributed by atoms with Crippen molar-refractivity contribution in [2.24, 2.45) is 0 Å². The number of aromatic nitrogens is 2. The fourth-order valence-corrected chi connectivity index (χ4v) is 3.24. The summed E-state index contributed by atoms with van der Waals surface area (Å²) in [5.41, 5.74) is 3.52. The van der Waals surface area contributed by atoms with Gasteiger partial charge in [-0.2, -0.15) is 0 Å². The van der Waals surface area contributed by atoms with Gasteiger partial charge in [0.1, 0.15) is 5.65 Å². The van der Waals surface area contributed by atoms with Crippen LogP contribution < -0.4 is 0 Å². The molecule has 2 aromatic carbocycles. The lowest BCUT2D eigenvalue weighted by atomic mass is 10.2. The van der Waals surface area contributed by atoms with Crippen LogP contribution in [0.15, 0.2) is 71.3 Å². The Morgan fingerprint density at radius 2 is 1.62 bits per heavy atom. The molecule has 0 aliphatic rings. The lowest BCUT2D eigenvalue weighted by Gasteiger charge is -2.08. The quantitative estimate of drug-likeness (QED) is 0.503. The fourth-order valence-electron chi connectivity index (χ4n) is 2.83. The van der Waals surface area contributed by atoms with Gasteiger partial charge in [-0.1, -0.05) is 52.3 Å². The van der Waals surface area contributed by atoms with E-state index < -0.39 is 0 Å². The van der Waals surface area contributed by atoms with E-state index in [0.29, 0.717) is 0 Å². The molecule has 2 heterocycles. The fraction of sp³-hybridized carbons (Fsp3) is 0.0556. The Kier molecular flexibility index (Phi) is 3.00. The van der Waals surface area contributed by atoms with Gasteiger partial charge in [-0.3, -0.25) is 0 Å². The van der Waals surface area contributed by atoms with Crippen molar-refractivity contribution in [3.63, 3.8) is 0 Å². The Balaban J connectivity index is 2.00. The third-order valence-electron chi connectivity index (χ3n) is 3.81. The molecular formula is C18H13BrN2. The van der Waals surface area contributed by atoms with E-state index in [1.165, 1.54) is 21.9 Å². The smallest absolute Gasteiger partial charge is 0.141 e. The zero-order valence-electron chi connectivity index (χ0n) is 11.3. The minimum absolute atomic E-state index is 0.808. The van der Waals surface area contributed by atoms with Crippen LogP contribution in [0.2, 0.25) is 0 Å². The first-order chi connectivity index (χ1) is 10.3. The van der Waals surface area contributed by atoms with Crippen LogP contribution in [0.25, 0.3) is 21.9 Å². The average molecular weight is 337 g/mol. The first-order valence-corrected chi connectivity index (χ1v) is 7.69. The lowest BCUT2D eigenvalue weighted by Crippen LogP contribution is -2.01. The molecule has 4 aromatic rings. The zero-order valence-corrected chi connectivity index (χ0v) is 12.9. The Morgan fingerprint density at radius 3 is 2.52 bits per heavy atom. The molecule has 2 nitrogen and oxygen atoms in total. The van der Waals surface area contributed by atoms with E-state index in [2.05, 4.69) is 74.0 Å². The molecule has 21 heavy (non-hydrogen) atoms. The molecule has 0 unspecified atom stereocenters. The Hall–Kier alpha value is -2.13. The van der Waals surface area contributed by atoms with Crippen LogP contribution in [0.3, 0.4) is 0 Å². The minimum Gasteiger partial charge on any atom is -0.321 e. The third-order valence-corrected chi connectivity index (χ3v) is 4.59. The molecule has 102 valence electrons. The summed E-state index contributed by atoms with van der Waals surface area (Å²) < 4.78 is 3.41. The normalized spacial score (nSPS) is 11.3. The van der Waals surface area contributed by atoms with Crippen LogP contribution in [0.5, 0.6) is 0 Å². The lowest BCUT2D eigenvalue weighted by molar-refractivity contribution is 0.852. The number of hydrogen-bond donors (Lipinski definition) is 0. The van der Waals surface area contributed by atoms with Crippen LogP contribution in [0, 0.1) is 0 Å². The van der Waals surface area contributed by atoms with Gasteiger partial charge in [-0.05, 0) is 29.8 Å². The summed E-state index contributed by atoms with van der Waals surface area (Å²) in [5, 5.41) is 2.47. The van der Waals surface area contributed by atoms with Crippen LogP contribution in [-0.4, -0.2) is 9.55 Å². The summed E-state index contributed by atoms with van der Waals surface area (Å²) >= 11 is 3.64. The number of fused-ring (bicyclic) bond motifs is 3. The monoisotopic (exact) mass is 336 g/mol. The summed E-state index contributed by atoms with van der Waals surface area (Å²) in [6.07, 6.45) is 1.86. The highest BCUT2D eigenvalue weighted by Gasteiger charge is 2.11. The van der Waals surface area contributed by atoms with Gasteiger partial charge in [0.15, 0.2) is 0 Å². The molecule has 0 atom stereocenters. The van der Waals surface area contributed by atoms with Gasteiger partial charge in [0, 0.05) is 21.4 Å². The average Bonchev–Trinajstić information content (AvgIpc) is 2.85. The summed E-state index contributed by atoms with van der Waals surface area (Å²) in [4.78, 5) is 4.59. The van der Waals surface area contributed by atoms with Crippen molar-refractivity contribution in [3.05, 3.63) is 76.9 Å². The molecule has 3 heteroatoms. The molecule has 4 rings (SSSR count). The van der Waals surface area contributed by atoms with Crippen LogP contribution >= 0.6 is 15.9 Å². The first-order valence-electron chi connectivity index (χ1n) is 6.90. The molecule has 0 N–H and O–H groups in total. The third kappa shape index (κ3) is 2.05. The second kappa shape index (κ2) is 5.01. The summed E-state index contributed by atoms with van der Waals surface area (Å²) in [6.45, 7) is 0.808. The zero-order chi connectivity index (χ0) is 14.2. The predicted octanol–water partition coefficient (Wildman–Crippen LogP) is 5.00. The van der Waals surface area contributed by atoms with Crippen molar-refractivity contribution < 1.29 is 0 Å². The van der Waals surface area contributed by atoms with E-state index in [9.17, 15) is 0 Å². The van der Waals surface area contributed by atoms with Gasteiger partial charge in [-0.25, -0.2) is 4.98 Å². The first kappa shape index (κ1) is 12.6. The van der Waals surface area contributed by atoms with Gasteiger partial charge in [0.05, 0.1) is 12.1 Å². The Labute approximate surface area is 131 Å². The van der Waals surface area contributed by atoms with Crippen LogP contribution in [-0.2, 0) is 6.54 Å². The Bertz CT molecular complexity index is 887. The van der Waals surface area contributed by atoms with E-state index in [1.807, 2.05) is 18.3 Å². The second-order valence-electron chi connectivity index (χ2n) is 5.07. The van der Waals surface area contributed by atoms with Gasteiger partial charge in [0.25, 0.3) is 0 Å². The van der Waals surface area contributed by atoms with Crippen LogP contribution in [0.1, 0.15) is 5.56 Å². The van der Waals surface area contributed by atoms with E-state index in [1.54, 1.807) is 0 Å². The molecule has 0 saturated carbocycles. The maximum absolute atomic E-state index is 4.59. The second-order valence-corrected chi connectivity index (χ2v) is 5.92. The van der Waals surface area contributed by atoms with Crippen molar-refractivity contribution in [1.29, 1.82) is 0 Å². The molecule has 0 spiro atoms. The minimum atomic E-state index is 0.808. The largest absolute Gasteiger partial charge is 0.321 e. The molecule has 0 aliphatic heterocycles. The molecule has 0 amide bonds. The highest BCUT2D eigenvalue weighted by Crippen LogP contribution is 2.29. The van der Waals surface area contributed by atoms with Crippen molar-refractivity contribution in [1.82, 2.24) is 9.55 Å². The molecule has 0 radical (unpaired) electrons. The van der Waals surface area contributed by atoms with E-state index in [4.69, 9.17) is 0 Å². The molecule has 0 aliphatic carbocycles. The number of halogens is 1. The van der Waals surface area contributed by atoms with Gasteiger partial charge < -0.3 is 4.57 Å². The number of rotatable bonds is 2. The highest BCUT2D eigenvalue weighted by molar-refractivity contribution is 9.10. The highest BCUT2D eigenvalue weighted by atomic mass is 79.9. The maximum Gasteiger partial charge on any atom is 0.141 e. The number of hydrogen-bond acceptors (Lipinski definition) is 1. The Morgan fingerprint density at radius 1 is 0.857 bits per heavy atom. The maximum atomic E-state index is 4.59. The topological polar surface area (TPSA) is 17.8 Å². The van der Waals surface area contributed by atoms with Gasteiger partial charge in [0.2, 0.25) is 0 Å². The van der Waals surface area contributed by atoms with Gasteiger partial charge >= 0.3 is 0 Å². The van der Waals surface area contributed by atoms with Crippen molar-refractivity contribution >= 4 is 37.9 Å². The van der Waals surface area contributed by atoms with Crippen molar-refractivity contribution in [3.8, 4) is 0 Å². The number of pyridine rings is 1. The van der Waals surface area contributed by atoms with Crippen LogP contribution in [0.4, 0.5) is 0 Å². The van der Waals surface area contributed by atoms with Crippen molar-refractivity contribution in [2.45, 2.75) is 6.54 Å². The summed E-state index contributed by atoms with van der Waals surface area (Å²) in [7, 11) is 0. The molecular weight excluding hydrogens is 324 g/mol. The number of nitrogens with zero attached hydrogens (tertiary/aromatic N) is 2. The molecule has 0 saturated heterocycles. The van der Waals surface area contributed by atoms with E-state index in [0.717, 1.165) is 16.7 Å².